The van der Waals surface area contributed by atoms with Gasteiger partial charge < -0.3 is 15.0 Å². The van der Waals surface area contributed by atoms with Crippen LogP contribution in [0.25, 0.3) is 0 Å². The molecule has 1 fully saturated rings. The summed E-state index contributed by atoms with van der Waals surface area (Å²) in [5.41, 5.74) is 0.885. The highest BCUT2D eigenvalue weighted by Gasteiger charge is 2.24. The van der Waals surface area contributed by atoms with E-state index in [-0.39, 0.29) is 24.3 Å². The van der Waals surface area contributed by atoms with Crippen LogP contribution in [0, 0.1) is 12.3 Å². The molecule has 6 heteroatoms. The largest absolute Gasteiger partial charge is 0.497 e. The molecule has 25 heavy (non-hydrogen) atoms. The Balaban J connectivity index is 2.00. The fraction of sp³-hybridized carbons (Fsp3) is 0.474. The number of carbonyl (C=O) groups is 2. The summed E-state index contributed by atoms with van der Waals surface area (Å²) in [6.07, 6.45) is 5.57. The summed E-state index contributed by atoms with van der Waals surface area (Å²) >= 11 is 0. The first-order valence-electron chi connectivity index (χ1n) is 8.38. The van der Waals surface area contributed by atoms with Crippen molar-refractivity contribution < 1.29 is 14.3 Å². The number of nitrogens with one attached hydrogen (secondary N) is 1. The van der Waals surface area contributed by atoms with E-state index in [1.165, 1.54) is 6.92 Å². The molecular weight excluding hydrogens is 318 g/mol. The number of terminal acetylenes is 1. The summed E-state index contributed by atoms with van der Waals surface area (Å²) < 4.78 is 5.16. The van der Waals surface area contributed by atoms with Gasteiger partial charge in [-0.05, 0) is 17.7 Å². The lowest BCUT2D eigenvalue weighted by Gasteiger charge is -2.34. The monoisotopic (exact) mass is 343 g/mol. The van der Waals surface area contributed by atoms with Crippen LogP contribution >= 0.6 is 0 Å². The van der Waals surface area contributed by atoms with Gasteiger partial charge in [0.25, 0.3) is 0 Å². The van der Waals surface area contributed by atoms with E-state index in [9.17, 15) is 9.59 Å². The molecule has 1 aromatic rings. The molecule has 6 nitrogen and oxygen atoms in total. The van der Waals surface area contributed by atoms with E-state index in [0.717, 1.165) is 24.4 Å². The molecule has 1 aliphatic rings. The first-order valence-corrected chi connectivity index (χ1v) is 8.38. The molecule has 134 valence electrons. The van der Waals surface area contributed by atoms with Gasteiger partial charge in [-0.1, -0.05) is 18.1 Å². The van der Waals surface area contributed by atoms with Crippen molar-refractivity contribution in [2.24, 2.45) is 0 Å². The summed E-state index contributed by atoms with van der Waals surface area (Å²) in [6, 6.07) is 7.05. The fourth-order valence-electron chi connectivity index (χ4n) is 2.92. The van der Waals surface area contributed by atoms with Gasteiger partial charge in [-0.3, -0.25) is 14.5 Å². The highest BCUT2D eigenvalue weighted by Crippen LogP contribution is 2.21. The number of benzene rings is 1. The summed E-state index contributed by atoms with van der Waals surface area (Å²) in [5.74, 6) is 3.25. The minimum Gasteiger partial charge on any atom is -0.497 e. The highest BCUT2D eigenvalue weighted by molar-refractivity contribution is 5.79. The van der Waals surface area contributed by atoms with Crippen molar-refractivity contribution in [1.82, 2.24) is 15.1 Å². The van der Waals surface area contributed by atoms with E-state index in [2.05, 4.69) is 16.1 Å². The quantitative estimate of drug-likeness (QED) is 0.784. The first-order chi connectivity index (χ1) is 12.0. The van der Waals surface area contributed by atoms with E-state index in [1.54, 1.807) is 7.11 Å². The van der Waals surface area contributed by atoms with E-state index in [1.807, 2.05) is 29.2 Å². The molecule has 1 aliphatic heterocycles. The lowest BCUT2D eigenvalue weighted by molar-refractivity contribution is -0.133. The lowest BCUT2D eigenvalue weighted by atomic mass is 10.0. The fourth-order valence-corrected chi connectivity index (χ4v) is 2.92. The zero-order chi connectivity index (χ0) is 18.2. The summed E-state index contributed by atoms with van der Waals surface area (Å²) in [6.45, 7) is 4.96. The Labute approximate surface area is 149 Å². The van der Waals surface area contributed by atoms with Crippen LogP contribution in [0.3, 0.4) is 0 Å². The van der Waals surface area contributed by atoms with Crippen molar-refractivity contribution >= 4 is 11.8 Å². The maximum Gasteiger partial charge on any atom is 0.225 e. The van der Waals surface area contributed by atoms with E-state index >= 15 is 0 Å². The molecular formula is C19H25N3O3. The molecule has 0 radical (unpaired) electrons. The molecule has 1 atom stereocenters. The van der Waals surface area contributed by atoms with Gasteiger partial charge in [0.15, 0.2) is 0 Å². The topological polar surface area (TPSA) is 61.9 Å². The van der Waals surface area contributed by atoms with Crippen molar-refractivity contribution in [1.29, 1.82) is 0 Å². The van der Waals surface area contributed by atoms with Gasteiger partial charge in [-0.2, -0.15) is 0 Å². The van der Waals surface area contributed by atoms with Gasteiger partial charge in [-0.25, -0.2) is 0 Å². The third kappa shape index (κ3) is 5.50. The number of hydrogen-bond acceptors (Lipinski definition) is 4. The average molecular weight is 343 g/mol. The molecule has 2 rings (SSSR count). The Hall–Kier alpha value is -2.52. The van der Waals surface area contributed by atoms with Crippen LogP contribution in [0.15, 0.2) is 24.3 Å². The lowest BCUT2D eigenvalue weighted by Crippen LogP contribution is -2.49. The molecule has 1 N–H and O–H groups in total. The van der Waals surface area contributed by atoms with Crippen LogP contribution in [0.1, 0.15) is 24.9 Å². The highest BCUT2D eigenvalue weighted by atomic mass is 16.5. The third-order valence-corrected chi connectivity index (χ3v) is 4.31. The molecule has 1 unspecified atom stereocenters. The van der Waals surface area contributed by atoms with Gasteiger partial charge in [0, 0.05) is 33.1 Å². The Morgan fingerprint density at radius 2 is 1.88 bits per heavy atom. The zero-order valence-corrected chi connectivity index (χ0v) is 14.8. The summed E-state index contributed by atoms with van der Waals surface area (Å²) in [5, 5.41) is 2.87. The predicted molar refractivity (Wildman–Crippen MR) is 96.0 cm³/mol. The Morgan fingerprint density at radius 1 is 1.24 bits per heavy atom. The number of hydrogen-bond donors (Lipinski definition) is 1. The molecule has 0 spiro atoms. The number of amides is 2. The summed E-state index contributed by atoms with van der Waals surface area (Å²) in [7, 11) is 1.60. The van der Waals surface area contributed by atoms with Crippen molar-refractivity contribution in [2.75, 3.05) is 39.8 Å². The van der Waals surface area contributed by atoms with E-state index < -0.39 is 0 Å². The molecule has 0 bridgehead atoms. The second-order valence-corrected chi connectivity index (χ2v) is 6.09. The smallest absolute Gasteiger partial charge is 0.225 e. The zero-order valence-electron chi connectivity index (χ0n) is 14.8. The molecule has 1 aromatic carbocycles. The Bertz CT molecular complexity index is 628. The normalized spacial score (nSPS) is 16.0. The van der Waals surface area contributed by atoms with Crippen LogP contribution in [-0.2, 0) is 9.59 Å². The molecule has 1 heterocycles. The number of methoxy groups -OCH3 is 1. The van der Waals surface area contributed by atoms with Crippen LogP contribution in [0.2, 0.25) is 0 Å². The standard InChI is InChI=1S/C19H25N3O3/c1-4-9-21-10-12-22(13-11-21)19(24)14-18(20-15(2)23)16-5-7-17(25-3)8-6-16/h1,5-8,18H,9-14H2,2-3H3,(H,20,23). The molecule has 2 amide bonds. The molecule has 1 saturated heterocycles. The number of carbonyl (C=O) groups excluding carboxylic acids is 2. The predicted octanol–water partition coefficient (Wildman–Crippen LogP) is 1.04. The van der Waals surface area contributed by atoms with Crippen LogP contribution in [-0.4, -0.2) is 61.4 Å². The Kier molecular flexibility index (Phi) is 6.84. The molecule has 0 aromatic heterocycles. The minimum absolute atomic E-state index is 0.0370. The van der Waals surface area contributed by atoms with Crippen LogP contribution in [0.4, 0.5) is 0 Å². The van der Waals surface area contributed by atoms with Crippen molar-refractivity contribution in [3.8, 4) is 18.1 Å². The van der Waals surface area contributed by atoms with Crippen molar-refractivity contribution in [3.05, 3.63) is 29.8 Å². The molecule has 0 saturated carbocycles. The van der Waals surface area contributed by atoms with Crippen molar-refractivity contribution in [2.45, 2.75) is 19.4 Å². The average Bonchev–Trinajstić information content (AvgIpc) is 2.61. The Morgan fingerprint density at radius 3 is 2.40 bits per heavy atom. The van der Waals surface area contributed by atoms with Gasteiger partial charge in [0.05, 0.1) is 26.1 Å². The maximum atomic E-state index is 12.6. The summed E-state index contributed by atoms with van der Waals surface area (Å²) in [4.78, 5) is 28.2. The first kappa shape index (κ1) is 18.8. The van der Waals surface area contributed by atoms with Gasteiger partial charge in [-0.15, -0.1) is 6.42 Å². The molecule has 0 aliphatic carbocycles. The number of piperazine rings is 1. The van der Waals surface area contributed by atoms with E-state index in [4.69, 9.17) is 11.2 Å². The maximum absolute atomic E-state index is 12.6. The minimum atomic E-state index is -0.348. The SMILES string of the molecule is C#CCN1CCN(C(=O)CC(NC(C)=O)c2ccc(OC)cc2)CC1. The number of ether oxygens (including phenoxy) is 1. The number of nitrogens with zero attached hydrogens (tertiary/aromatic N) is 2. The van der Waals surface area contributed by atoms with Gasteiger partial charge in [0.1, 0.15) is 5.75 Å². The van der Waals surface area contributed by atoms with Crippen LogP contribution < -0.4 is 10.1 Å². The number of rotatable bonds is 6. The third-order valence-electron chi connectivity index (χ3n) is 4.31. The van der Waals surface area contributed by atoms with Gasteiger partial charge >= 0.3 is 0 Å². The van der Waals surface area contributed by atoms with Crippen LogP contribution in [0.5, 0.6) is 5.75 Å². The second-order valence-electron chi connectivity index (χ2n) is 6.09. The van der Waals surface area contributed by atoms with Gasteiger partial charge in [0.2, 0.25) is 11.8 Å². The van der Waals surface area contributed by atoms with Crippen molar-refractivity contribution in [3.63, 3.8) is 0 Å². The second kappa shape index (κ2) is 9.09. The van der Waals surface area contributed by atoms with E-state index in [0.29, 0.717) is 19.6 Å².